The predicted octanol–water partition coefficient (Wildman–Crippen LogP) is 8.69. The van der Waals surface area contributed by atoms with E-state index in [-0.39, 0.29) is 29.5 Å². The van der Waals surface area contributed by atoms with Crippen LogP contribution < -0.4 is 15.4 Å². The number of fused-ring (bicyclic) bond motifs is 2. The van der Waals surface area contributed by atoms with Gasteiger partial charge < -0.3 is 10.1 Å². The Labute approximate surface area is 284 Å². The van der Waals surface area contributed by atoms with Crippen LogP contribution in [0, 0.1) is 12.8 Å². The molecule has 2 aliphatic heterocycles. The third-order valence-corrected chi connectivity index (χ3v) is 9.45. The number of hydrogen-bond acceptors (Lipinski definition) is 5. The van der Waals surface area contributed by atoms with Gasteiger partial charge in [0.15, 0.2) is 5.78 Å². The molecule has 2 aliphatic rings. The molecule has 2 unspecified atom stereocenters. The molecule has 0 radical (unpaired) electrons. The van der Waals surface area contributed by atoms with Crippen LogP contribution in [0.25, 0.3) is 5.69 Å². The fraction of sp³-hybridized carbons (Fsp3) is 0.395. The highest BCUT2D eigenvalue weighted by atomic mass is 19.4. The van der Waals surface area contributed by atoms with E-state index >= 15 is 0 Å². The van der Waals surface area contributed by atoms with E-state index in [1.165, 1.54) is 29.8 Å². The number of benzene rings is 3. The minimum absolute atomic E-state index is 0.102. The summed E-state index contributed by atoms with van der Waals surface area (Å²) in [7, 11) is 0. The van der Waals surface area contributed by atoms with Crippen molar-refractivity contribution in [3.05, 3.63) is 101 Å². The number of alkyl halides is 3. The number of amides is 2. The molecule has 3 heterocycles. The van der Waals surface area contributed by atoms with E-state index in [0.29, 0.717) is 35.1 Å². The highest BCUT2D eigenvalue weighted by molar-refractivity contribution is 5.99. The summed E-state index contributed by atoms with van der Waals surface area (Å²) in [4.78, 5) is 28.4. The van der Waals surface area contributed by atoms with Crippen LogP contribution in [0.15, 0.2) is 78.9 Å². The number of aryl methyl sites for hydroxylation is 1. The predicted molar refractivity (Wildman–Crippen MR) is 183 cm³/mol. The number of halogens is 3. The average Bonchev–Trinajstić information content (AvgIpc) is 3.55. The molecule has 2 fully saturated rings. The first-order valence-corrected chi connectivity index (χ1v) is 16.7. The summed E-state index contributed by atoms with van der Waals surface area (Å²) in [5.41, 5.74) is 4.93. The zero-order chi connectivity index (χ0) is 34.9. The number of anilines is 2. The van der Waals surface area contributed by atoms with Crippen LogP contribution in [0.4, 0.5) is 29.5 Å². The Kier molecular flexibility index (Phi) is 9.57. The number of urea groups is 1. The molecule has 2 atom stereocenters. The van der Waals surface area contributed by atoms with E-state index in [1.807, 2.05) is 61.5 Å². The van der Waals surface area contributed by atoms with Crippen LogP contribution in [0.2, 0.25) is 0 Å². The van der Waals surface area contributed by atoms with Crippen molar-refractivity contribution in [3.8, 4) is 11.4 Å². The molecule has 0 saturated carbocycles. The Morgan fingerprint density at radius 3 is 2.10 bits per heavy atom. The lowest BCUT2D eigenvalue weighted by atomic mass is 9.85. The summed E-state index contributed by atoms with van der Waals surface area (Å²) in [5, 5.41) is 10.7. The lowest BCUT2D eigenvalue weighted by molar-refractivity contribution is -0.274. The maximum Gasteiger partial charge on any atom is 0.573 e. The number of carbonyl (C=O) groups excluding carboxylic acids is 2. The second kappa shape index (κ2) is 13.7. The molecule has 4 aromatic rings. The largest absolute Gasteiger partial charge is 0.573 e. The van der Waals surface area contributed by atoms with Gasteiger partial charge in [0.05, 0.1) is 17.9 Å². The SMILES string of the molecule is Cc1ccc(-n2nc(C(C)(C)C)cc2NC(=O)Nc2ccc(CC3CC4CCC(C3)N4CC(=O)c3ccc(OC(F)(F)F)cc3)cc2)cc1. The third-order valence-electron chi connectivity index (χ3n) is 9.45. The highest BCUT2D eigenvalue weighted by Crippen LogP contribution is 2.40. The van der Waals surface area contributed by atoms with Crippen molar-refractivity contribution < 1.29 is 27.5 Å². The summed E-state index contributed by atoms with van der Waals surface area (Å²) in [6.45, 7) is 8.54. The monoisotopic (exact) mass is 673 g/mol. The number of ketones is 1. The molecule has 0 aliphatic carbocycles. The lowest BCUT2D eigenvalue weighted by Crippen LogP contribution is -2.45. The first kappa shape index (κ1) is 34.2. The topological polar surface area (TPSA) is 88.5 Å². The molecule has 2 bridgehead atoms. The van der Waals surface area contributed by atoms with Gasteiger partial charge in [0.2, 0.25) is 0 Å². The van der Waals surface area contributed by atoms with Gasteiger partial charge in [-0.05, 0) is 99.0 Å². The quantitative estimate of drug-likeness (QED) is 0.174. The summed E-state index contributed by atoms with van der Waals surface area (Å²) in [6.07, 6.45) is 0.171. The van der Waals surface area contributed by atoms with E-state index in [0.717, 1.165) is 49.0 Å². The van der Waals surface area contributed by atoms with Gasteiger partial charge >= 0.3 is 12.4 Å². The van der Waals surface area contributed by atoms with Crippen LogP contribution in [0.3, 0.4) is 0 Å². The first-order chi connectivity index (χ1) is 23.2. The van der Waals surface area contributed by atoms with Gasteiger partial charge in [0.1, 0.15) is 11.6 Å². The first-order valence-electron chi connectivity index (χ1n) is 16.7. The van der Waals surface area contributed by atoms with Gasteiger partial charge in [0, 0.05) is 34.8 Å². The van der Waals surface area contributed by atoms with Crippen molar-refractivity contribution in [1.82, 2.24) is 14.7 Å². The molecule has 11 heteroatoms. The summed E-state index contributed by atoms with van der Waals surface area (Å²) < 4.78 is 43.1. The molecular weight excluding hydrogens is 631 g/mol. The molecule has 3 aromatic carbocycles. The molecule has 258 valence electrons. The van der Waals surface area contributed by atoms with Crippen molar-refractivity contribution in [2.75, 3.05) is 17.2 Å². The average molecular weight is 674 g/mol. The fourth-order valence-electron chi connectivity index (χ4n) is 6.97. The van der Waals surface area contributed by atoms with Crippen LogP contribution in [-0.2, 0) is 11.8 Å². The number of hydrogen-bond donors (Lipinski definition) is 2. The summed E-state index contributed by atoms with van der Waals surface area (Å²) in [6, 6.07) is 23.2. The van der Waals surface area contributed by atoms with Crippen LogP contribution in [0.5, 0.6) is 5.75 Å². The van der Waals surface area contributed by atoms with Gasteiger partial charge in [-0.2, -0.15) is 5.10 Å². The molecular formula is C38H42F3N5O3. The standard InChI is InChI=1S/C38H42F3N5O3/c1-24-5-13-29(14-6-24)46-35(22-34(44-46)37(2,3)4)43-36(48)42-28-11-7-25(8-12-28)19-26-20-30-15-16-31(21-26)45(30)23-33(47)27-9-17-32(18-10-27)49-38(39,40)41/h5-14,17-18,22,26,30-31H,15-16,19-21,23H2,1-4H3,(H2,42,43,48). The van der Waals surface area contributed by atoms with Gasteiger partial charge in [0.25, 0.3) is 0 Å². The Balaban J connectivity index is 1.02. The number of carbonyl (C=O) groups is 2. The number of Topliss-reactive ketones (excluding diaryl/α,β-unsaturated/α-hetero) is 1. The van der Waals surface area contributed by atoms with Gasteiger partial charge in [-0.15, -0.1) is 13.2 Å². The van der Waals surface area contributed by atoms with Crippen molar-refractivity contribution in [3.63, 3.8) is 0 Å². The Bertz CT molecular complexity index is 1760. The molecule has 6 rings (SSSR count). The zero-order valence-corrected chi connectivity index (χ0v) is 28.2. The molecule has 2 saturated heterocycles. The van der Waals surface area contributed by atoms with Crippen LogP contribution in [-0.4, -0.2) is 51.5 Å². The maximum absolute atomic E-state index is 13.1. The molecule has 8 nitrogen and oxygen atoms in total. The second-order valence-electron chi connectivity index (χ2n) is 14.3. The Morgan fingerprint density at radius 2 is 1.51 bits per heavy atom. The van der Waals surface area contributed by atoms with E-state index in [4.69, 9.17) is 5.10 Å². The molecule has 1 aromatic heterocycles. The number of nitrogens with zero attached hydrogens (tertiary/aromatic N) is 3. The Morgan fingerprint density at radius 1 is 0.878 bits per heavy atom. The zero-order valence-electron chi connectivity index (χ0n) is 28.2. The number of rotatable bonds is 9. The molecule has 49 heavy (non-hydrogen) atoms. The summed E-state index contributed by atoms with van der Waals surface area (Å²) in [5.74, 6) is 0.617. The maximum atomic E-state index is 13.1. The molecule has 2 N–H and O–H groups in total. The number of ether oxygens (including phenoxy) is 1. The van der Waals surface area contributed by atoms with Gasteiger partial charge in [-0.3, -0.25) is 15.0 Å². The normalized spacial score (nSPS) is 19.4. The number of nitrogens with one attached hydrogen (secondary N) is 2. The van der Waals surface area contributed by atoms with Crippen molar-refractivity contribution in [2.24, 2.45) is 5.92 Å². The highest BCUT2D eigenvalue weighted by Gasteiger charge is 2.41. The van der Waals surface area contributed by atoms with E-state index < -0.39 is 6.36 Å². The lowest BCUT2D eigenvalue weighted by Gasteiger charge is -2.38. The van der Waals surface area contributed by atoms with Crippen LogP contribution in [0.1, 0.15) is 73.6 Å². The van der Waals surface area contributed by atoms with Gasteiger partial charge in [-0.1, -0.05) is 50.6 Å². The van der Waals surface area contributed by atoms with Crippen molar-refractivity contribution in [2.45, 2.75) is 83.7 Å². The Hall–Kier alpha value is -4.64. The van der Waals surface area contributed by atoms with Gasteiger partial charge in [-0.25, -0.2) is 9.48 Å². The second-order valence-corrected chi connectivity index (χ2v) is 14.3. The number of aromatic nitrogens is 2. The minimum atomic E-state index is -4.77. The van der Waals surface area contributed by atoms with E-state index in [1.54, 1.807) is 4.68 Å². The van der Waals surface area contributed by atoms with Crippen LogP contribution >= 0.6 is 0 Å². The summed E-state index contributed by atoms with van der Waals surface area (Å²) >= 11 is 0. The smallest absolute Gasteiger partial charge is 0.406 e. The van der Waals surface area contributed by atoms with Crippen molar-refractivity contribution >= 4 is 23.3 Å². The fourth-order valence-corrected chi connectivity index (χ4v) is 6.97. The van der Waals surface area contributed by atoms with E-state index in [2.05, 4.69) is 41.0 Å². The van der Waals surface area contributed by atoms with E-state index in [9.17, 15) is 22.8 Å². The molecule has 2 amide bonds. The minimum Gasteiger partial charge on any atom is -0.406 e. The number of piperidine rings is 1. The van der Waals surface area contributed by atoms with Crippen molar-refractivity contribution in [1.29, 1.82) is 0 Å². The molecule has 0 spiro atoms. The third kappa shape index (κ3) is 8.51.